The second-order valence-corrected chi connectivity index (χ2v) is 12.6. The second-order valence-electron chi connectivity index (χ2n) is 12.6. The zero-order chi connectivity index (χ0) is 26.4. The molecule has 1 spiro atoms. The van der Waals surface area contributed by atoms with Crippen molar-refractivity contribution < 1.29 is 28.8 Å². The van der Waals surface area contributed by atoms with E-state index in [0.29, 0.717) is 31.7 Å². The minimum Gasteiger partial charge on any atom is -0.445 e. The number of hydrogen-bond donors (Lipinski definition) is 1. The van der Waals surface area contributed by atoms with E-state index in [2.05, 4.69) is 24.0 Å². The van der Waals surface area contributed by atoms with Crippen LogP contribution in [-0.4, -0.2) is 68.5 Å². The topological polar surface area (TPSA) is 77.5 Å². The van der Waals surface area contributed by atoms with E-state index in [4.69, 9.17) is 18.9 Å². The number of amides is 1. The minimum atomic E-state index is -0.198. The van der Waals surface area contributed by atoms with Gasteiger partial charge in [-0.25, -0.2) is 4.79 Å². The van der Waals surface area contributed by atoms with Gasteiger partial charge in [-0.1, -0.05) is 55.8 Å². The predicted molar refractivity (Wildman–Crippen MR) is 142 cm³/mol. The SMILES string of the molecule is COCOCCOC1[C@@H]2C=CC[C@@H]3[C@@]2(CCO)C[C@H]2[C@@H]4[C@@](C)(CCC[C@]143)CN2C(=O)OCc1ccccc1. The van der Waals surface area contributed by atoms with E-state index in [9.17, 15) is 9.90 Å². The lowest BCUT2D eigenvalue weighted by Gasteiger charge is -2.60. The normalized spacial score (nSPS) is 40.3. The molecule has 6 rings (SSSR count). The molecule has 4 bridgehead atoms. The summed E-state index contributed by atoms with van der Waals surface area (Å²) in [4.78, 5) is 15.8. The van der Waals surface area contributed by atoms with Crippen molar-refractivity contribution in [1.82, 2.24) is 4.90 Å². The van der Waals surface area contributed by atoms with E-state index < -0.39 is 0 Å². The molecule has 0 aromatic heterocycles. The fourth-order valence-corrected chi connectivity index (χ4v) is 10.0. The van der Waals surface area contributed by atoms with Crippen LogP contribution in [-0.2, 0) is 25.6 Å². The Hall–Kier alpha value is -1.93. The summed E-state index contributed by atoms with van der Waals surface area (Å²) in [6.45, 7) is 4.89. The van der Waals surface area contributed by atoms with Crippen molar-refractivity contribution in [3.05, 3.63) is 48.0 Å². The van der Waals surface area contributed by atoms with Crippen LogP contribution in [0.4, 0.5) is 4.79 Å². The molecule has 1 heterocycles. The van der Waals surface area contributed by atoms with Crippen molar-refractivity contribution in [3.8, 4) is 0 Å². The van der Waals surface area contributed by atoms with E-state index in [1.165, 1.54) is 0 Å². The highest BCUT2D eigenvalue weighted by molar-refractivity contribution is 5.69. The van der Waals surface area contributed by atoms with Gasteiger partial charge in [0, 0.05) is 37.6 Å². The number of hydrogen-bond acceptors (Lipinski definition) is 6. The third kappa shape index (κ3) is 3.87. The number of benzene rings is 1. The van der Waals surface area contributed by atoms with Crippen LogP contribution in [0.2, 0.25) is 0 Å². The zero-order valence-corrected chi connectivity index (χ0v) is 22.8. The molecular formula is C31H43NO6. The van der Waals surface area contributed by atoms with E-state index in [-0.39, 0.29) is 53.8 Å². The zero-order valence-electron chi connectivity index (χ0n) is 22.8. The monoisotopic (exact) mass is 525 g/mol. The second kappa shape index (κ2) is 10.2. The Balaban J connectivity index is 1.33. The molecule has 1 N–H and O–H groups in total. The minimum absolute atomic E-state index is 0.0189. The van der Waals surface area contributed by atoms with Gasteiger partial charge in [-0.3, -0.25) is 0 Å². The van der Waals surface area contributed by atoms with Crippen LogP contribution in [0.5, 0.6) is 0 Å². The maximum atomic E-state index is 13.7. The number of ether oxygens (including phenoxy) is 4. The van der Waals surface area contributed by atoms with Crippen molar-refractivity contribution in [3.63, 3.8) is 0 Å². The van der Waals surface area contributed by atoms with Crippen LogP contribution in [0, 0.1) is 34.0 Å². The fourth-order valence-electron chi connectivity index (χ4n) is 10.0. The summed E-state index contributed by atoms with van der Waals surface area (Å²) in [5.74, 6) is 1.06. The molecule has 1 aromatic carbocycles. The summed E-state index contributed by atoms with van der Waals surface area (Å²) in [5.41, 5.74) is 0.952. The molecule has 0 radical (unpaired) electrons. The third-order valence-corrected chi connectivity index (χ3v) is 10.9. The molecule has 7 nitrogen and oxygen atoms in total. The van der Waals surface area contributed by atoms with Crippen LogP contribution in [0.1, 0.15) is 51.0 Å². The Morgan fingerprint density at radius 3 is 2.82 bits per heavy atom. The third-order valence-electron chi connectivity index (χ3n) is 10.9. The summed E-state index contributed by atoms with van der Waals surface area (Å²) in [6.07, 6.45) is 10.7. The Labute approximate surface area is 226 Å². The lowest BCUT2D eigenvalue weighted by molar-refractivity contribution is -0.155. The van der Waals surface area contributed by atoms with E-state index in [1.54, 1.807) is 7.11 Å². The van der Waals surface area contributed by atoms with Crippen LogP contribution < -0.4 is 0 Å². The van der Waals surface area contributed by atoms with Gasteiger partial charge in [0.05, 0.1) is 19.3 Å². The maximum Gasteiger partial charge on any atom is 0.410 e. The van der Waals surface area contributed by atoms with Crippen molar-refractivity contribution in [2.45, 2.75) is 64.2 Å². The van der Waals surface area contributed by atoms with Gasteiger partial charge in [-0.05, 0) is 60.3 Å². The number of carbonyl (C=O) groups excluding carboxylic acids is 1. The molecule has 1 unspecified atom stereocenters. The number of carbonyl (C=O) groups is 1. The Kier molecular flexibility index (Phi) is 7.08. The van der Waals surface area contributed by atoms with Gasteiger partial charge in [-0.2, -0.15) is 0 Å². The largest absolute Gasteiger partial charge is 0.445 e. The van der Waals surface area contributed by atoms with Gasteiger partial charge in [0.2, 0.25) is 0 Å². The van der Waals surface area contributed by atoms with Crippen molar-refractivity contribution in [1.29, 1.82) is 0 Å². The molecular weight excluding hydrogens is 482 g/mol. The molecule has 4 aliphatic carbocycles. The van der Waals surface area contributed by atoms with Crippen LogP contribution in [0.3, 0.4) is 0 Å². The first kappa shape index (κ1) is 26.3. The Morgan fingerprint density at radius 2 is 2.03 bits per heavy atom. The van der Waals surface area contributed by atoms with Crippen molar-refractivity contribution in [2.24, 2.45) is 34.0 Å². The molecule has 208 valence electrons. The van der Waals surface area contributed by atoms with Gasteiger partial charge in [0.15, 0.2) is 0 Å². The standard InChI is InChI=1S/C31H43NO6/c1-29-12-7-13-31-25-11-6-10-23(27(31)37-17-16-36-21-35-2)30(25,14-15-33)18-24(26(29)31)32(20-29)28(34)38-19-22-8-4-3-5-9-22/h3-6,8-10,23-27,33H,7,11-21H2,1-2H3/t23-,24-,25+,26+,27?,29-,30-,31+/m0/s1. The van der Waals surface area contributed by atoms with E-state index in [0.717, 1.165) is 50.6 Å². The molecule has 8 atom stereocenters. The number of aliphatic hydroxyl groups excluding tert-OH is 1. The Bertz CT molecular complexity index is 1030. The highest BCUT2D eigenvalue weighted by Crippen LogP contribution is 2.78. The number of likely N-dealkylation sites (tertiary alicyclic amines) is 1. The molecule has 1 amide bonds. The number of methoxy groups -OCH3 is 1. The Morgan fingerprint density at radius 1 is 1.18 bits per heavy atom. The first-order valence-electron chi connectivity index (χ1n) is 14.4. The lowest BCUT2D eigenvalue weighted by Crippen LogP contribution is -2.60. The first-order chi connectivity index (χ1) is 18.5. The van der Waals surface area contributed by atoms with E-state index in [1.807, 2.05) is 30.3 Å². The average Bonchev–Trinajstić information content (AvgIpc) is 3.19. The summed E-state index contributed by atoms with van der Waals surface area (Å²) in [6, 6.07) is 10.0. The van der Waals surface area contributed by atoms with Gasteiger partial charge < -0.3 is 29.0 Å². The smallest absolute Gasteiger partial charge is 0.410 e. The first-order valence-corrected chi connectivity index (χ1v) is 14.4. The van der Waals surface area contributed by atoms with Gasteiger partial charge in [0.1, 0.15) is 13.4 Å². The van der Waals surface area contributed by atoms with Gasteiger partial charge in [0.25, 0.3) is 0 Å². The molecule has 38 heavy (non-hydrogen) atoms. The highest BCUT2D eigenvalue weighted by atomic mass is 16.7. The number of rotatable bonds is 10. The van der Waals surface area contributed by atoms with Crippen LogP contribution >= 0.6 is 0 Å². The number of nitrogens with zero attached hydrogens (tertiary/aromatic N) is 1. The van der Waals surface area contributed by atoms with Crippen molar-refractivity contribution >= 4 is 6.09 Å². The van der Waals surface area contributed by atoms with Gasteiger partial charge >= 0.3 is 6.09 Å². The molecule has 3 saturated carbocycles. The molecule has 1 aromatic rings. The lowest BCUT2D eigenvalue weighted by atomic mass is 9.44. The molecule has 1 saturated heterocycles. The predicted octanol–water partition coefficient (Wildman–Crippen LogP) is 4.78. The molecule has 5 aliphatic rings. The quantitative estimate of drug-likeness (QED) is 0.269. The van der Waals surface area contributed by atoms with Gasteiger partial charge in [-0.15, -0.1) is 0 Å². The summed E-state index contributed by atoms with van der Waals surface area (Å²) in [5, 5.41) is 10.3. The highest BCUT2D eigenvalue weighted by Gasteiger charge is 2.78. The summed E-state index contributed by atoms with van der Waals surface area (Å²) >= 11 is 0. The number of allylic oxidation sites excluding steroid dienone is 1. The summed E-state index contributed by atoms with van der Waals surface area (Å²) in [7, 11) is 1.63. The fraction of sp³-hybridized carbons (Fsp3) is 0.710. The van der Waals surface area contributed by atoms with E-state index >= 15 is 0 Å². The van der Waals surface area contributed by atoms with Crippen LogP contribution in [0.15, 0.2) is 42.5 Å². The average molecular weight is 526 g/mol. The van der Waals surface area contributed by atoms with Crippen molar-refractivity contribution in [2.75, 3.05) is 40.3 Å². The molecule has 7 heteroatoms. The summed E-state index contributed by atoms with van der Waals surface area (Å²) < 4.78 is 23.4. The van der Waals surface area contributed by atoms with Crippen LogP contribution in [0.25, 0.3) is 0 Å². The number of aliphatic hydroxyl groups is 1. The maximum absolute atomic E-state index is 13.7. The molecule has 1 aliphatic heterocycles. The molecule has 4 fully saturated rings.